The van der Waals surface area contributed by atoms with E-state index in [9.17, 15) is 9.50 Å². The Morgan fingerprint density at radius 1 is 1.32 bits per heavy atom. The first kappa shape index (κ1) is 12.9. The summed E-state index contributed by atoms with van der Waals surface area (Å²) in [4.78, 5) is 2.47. The zero-order valence-electron chi connectivity index (χ0n) is 11.2. The van der Waals surface area contributed by atoms with Gasteiger partial charge in [0.05, 0.1) is 0 Å². The fraction of sp³-hybridized carbons (Fsp3) is 0.600. The summed E-state index contributed by atoms with van der Waals surface area (Å²) in [5.74, 6) is -0.334. The highest BCUT2D eigenvalue weighted by Gasteiger charge is 2.42. The van der Waals surface area contributed by atoms with Crippen molar-refractivity contribution in [2.24, 2.45) is 5.73 Å². The monoisotopic (exact) mass is 264 g/mol. The number of nitrogens with zero attached hydrogens (tertiary/aromatic N) is 1. The van der Waals surface area contributed by atoms with Crippen molar-refractivity contribution in [1.82, 2.24) is 4.90 Å². The largest absolute Gasteiger partial charge is 0.508 e. The van der Waals surface area contributed by atoms with Crippen molar-refractivity contribution >= 4 is 0 Å². The second-order valence-corrected chi connectivity index (χ2v) is 5.94. The van der Waals surface area contributed by atoms with Gasteiger partial charge in [0.1, 0.15) is 11.6 Å². The summed E-state index contributed by atoms with van der Waals surface area (Å²) in [7, 11) is 0. The SMILES string of the molecule is CC(c1ccc(F)cc1O)N1C2CCC1CC(N)C2. The second kappa shape index (κ2) is 4.76. The number of phenolic OH excluding ortho intramolecular Hbond substituents is 1. The average molecular weight is 264 g/mol. The molecule has 19 heavy (non-hydrogen) atoms. The van der Waals surface area contributed by atoms with Crippen LogP contribution in [-0.4, -0.2) is 28.1 Å². The van der Waals surface area contributed by atoms with Crippen molar-refractivity contribution < 1.29 is 9.50 Å². The molecule has 0 aliphatic carbocycles. The number of nitrogens with two attached hydrogens (primary N) is 1. The molecule has 3 unspecified atom stereocenters. The van der Waals surface area contributed by atoms with Crippen LogP contribution in [0.15, 0.2) is 18.2 Å². The Balaban J connectivity index is 1.86. The summed E-state index contributed by atoms with van der Waals surface area (Å²) in [5, 5.41) is 9.95. The Morgan fingerprint density at radius 3 is 2.53 bits per heavy atom. The molecule has 0 amide bonds. The Kier molecular flexibility index (Phi) is 3.23. The summed E-state index contributed by atoms with van der Waals surface area (Å²) in [6, 6.07) is 5.75. The van der Waals surface area contributed by atoms with Crippen LogP contribution in [0.4, 0.5) is 4.39 Å². The molecule has 0 saturated carbocycles. The molecule has 3 N–H and O–H groups in total. The van der Waals surface area contributed by atoms with Gasteiger partial charge in [-0.3, -0.25) is 4.90 Å². The van der Waals surface area contributed by atoms with Crippen LogP contribution in [0.25, 0.3) is 0 Å². The summed E-state index contributed by atoms with van der Waals surface area (Å²) in [5.41, 5.74) is 6.89. The highest BCUT2D eigenvalue weighted by atomic mass is 19.1. The average Bonchev–Trinajstić information content (AvgIpc) is 2.61. The smallest absolute Gasteiger partial charge is 0.126 e. The predicted octanol–water partition coefficient (Wildman–Crippen LogP) is 2.55. The minimum atomic E-state index is -0.392. The maximum atomic E-state index is 13.1. The predicted molar refractivity (Wildman–Crippen MR) is 72.3 cm³/mol. The molecule has 1 aromatic rings. The molecule has 3 rings (SSSR count). The van der Waals surface area contributed by atoms with E-state index in [0.717, 1.165) is 18.4 Å². The number of phenols is 1. The first-order valence-electron chi connectivity index (χ1n) is 7.07. The molecule has 0 spiro atoms. The van der Waals surface area contributed by atoms with Gasteiger partial charge in [0, 0.05) is 35.8 Å². The molecule has 0 radical (unpaired) electrons. The molecule has 2 fully saturated rings. The third-order valence-electron chi connectivity index (χ3n) is 4.72. The van der Waals surface area contributed by atoms with E-state index in [2.05, 4.69) is 11.8 Å². The maximum absolute atomic E-state index is 13.1. The van der Waals surface area contributed by atoms with Crippen LogP contribution < -0.4 is 5.73 Å². The molecule has 1 aromatic carbocycles. The topological polar surface area (TPSA) is 49.5 Å². The molecule has 3 atom stereocenters. The Morgan fingerprint density at radius 2 is 1.95 bits per heavy atom. The lowest BCUT2D eigenvalue weighted by atomic mass is 9.94. The molecule has 104 valence electrons. The second-order valence-electron chi connectivity index (χ2n) is 5.94. The molecule has 4 heteroatoms. The number of halogens is 1. The maximum Gasteiger partial charge on any atom is 0.126 e. The van der Waals surface area contributed by atoms with Crippen LogP contribution >= 0.6 is 0 Å². The van der Waals surface area contributed by atoms with Gasteiger partial charge in [-0.15, -0.1) is 0 Å². The van der Waals surface area contributed by atoms with Crippen molar-refractivity contribution in [1.29, 1.82) is 0 Å². The van der Waals surface area contributed by atoms with Gasteiger partial charge in [-0.25, -0.2) is 4.39 Å². The first-order chi connectivity index (χ1) is 9.06. The van der Waals surface area contributed by atoms with Gasteiger partial charge in [-0.1, -0.05) is 6.07 Å². The van der Waals surface area contributed by atoms with E-state index in [1.54, 1.807) is 6.07 Å². The number of piperidine rings is 1. The Labute approximate surface area is 113 Å². The van der Waals surface area contributed by atoms with Gasteiger partial charge in [0.15, 0.2) is 0 Å². The summed E-state index contributed by atoms with van der Waals surface area (Å²) >= 11 is 0. The number of benzene rings is 1. The molecule has 3 nitrogen and oxygen atoms in total. The van der Waals surface area contributed by atoms with Crippen molar-refractivity contribution in [2.45, 2.75) is 56.8 Å². The minimum absolute atomic E-state index is 0.0572. The molecular formula is C15H21FN2O. The van der Waals surface area contributed by atoms with Crippen molar-refractivity contribution in [3.8, 4) is 5.75 Å². The fourth-order valence-corrected chi connectivity index (χ4v) is 3.92. The lowest BCUT2D eigenvalue weighted by Crippen LogP contribution is -2.48. The van der Waals surface area contributed by atoms with Gasteiger partial charge in [-0.05, 0) is 38.7 Å². The van der Waals surface area contributed by atoms with Crippen LogP contribution in [0.5, 0.6) is 5.75 Å². The Bertz CT molecular complexity index is 465. The molecule has 2 heterocycles. The highest BCUT2D eigenvalue weighted by Crippen LogP contribution is 2.42. The molecule has 0 aromatic heterocycles. The summed E-state index contributed by atoms with van der Waals surface area (Å²) < 4.78 is 13.1. The zero-order valence-corrected chi connectivity index (χ0v) is 11.2. The summed E-state index contributed by atoms with van der Waals surface area (Å²) in [6.07, 6.45) is 4.43. The van der Waals surface area contributed by atoms with Gasteiger partial charge in [-0.2, -0.15) is 0 Å². The van der Waals surface area contributed by atoms with E-state index >= 15 is 0 Å². The van der Waals surface area contributed by atoms with Crippen LogP contribution in [0.3, 0.4) is 0 Å². The highest BCUT2D eigenvalue weighted by molar-refractivity contribution is 5.35. The van der Waals surface area contributed by atoms with Crippen molar-refractivity contribution in [3.63, 3.8) is 0 Å². The Hall–Kier alpha value is -1.13. The van der Waals surface area contributed by atoms with Crippen LogP contribution in [0.1, 0.15) is 44.2 Å². The zero-order chi connectivity index (χ0) is 13.6. The van der Waals surface area contributed by atoms with Gasteiger partial charge in [0.2, 0.25) is 0 Å². The van der Waals surface area contributed by atoms with E-state index < -0.39 is 5.82 Å². The van der Waals surface area contributed by atoms with Gasteiger partial charge >= 0.3 is 0 Å². The minimum Gasteiger partial charge on any atom is -0.508 e. The normalized spacial score (nSPS) is 32.5. The van der Waals surface area contributed by atoms with Gasteiger partial charge < -0.3 is 10.8 Å². The van der Waals surface area contributed by atoms with Crippen LogP contribution in [0.2, 0.25) is 0 Å². The molecule has 2 bridgehead atoms. The molecule has 2 aliphatic heterocycles. The lowest BCUT2D eigenvalue weighted by Gasteiger charge is -2.41. The van der Waals surface area contributed by atoms with Gasteiger partial charge in [0.25, 0.3) is 0 Å². The van der Waals surface area contributed by atoms with Crippen molar-refractivity contribution in [2.75, 3.05) is 0 Å². The molecular weight excluding hydrogens is 243 g/mol. The van der Waals surface area contributed by atoms with Crippen molar-refractivity contribution in [3.05, 3.63) is 29.6 Å². The number of hydrogen-bond donors (Lipinski definition) is 2. The van der Waals surface area contributed by atoms with Crippen LogP contribution in [-0.2, 0) is 0 Å². The van der Waals surface area contributed by atoms with E-state index in [0.29, 0.717) is 18.1 Å². The standard InChI is InChI=1S/C15H21FN2O/c1-9(14-5-2-10(16)6-15(14)19)18-12-3-4-13(18)8-11(17)7-12/h2,5-6,9,11-13,19H,3-4,7-8,17H2,1H3. The number of fused-ring (bicyclic) bond motifs is 2. The van der Waals surface area contributed by atoms with E-state index in [4.69, 9.17) is 5.73 Å². The van der Waals surface area contributed by atoms with E-state index in [-0.39, 0.29) is 11.8 Å². The number of rotatable bonds is 2. The third-order valence-corrected chi connectivity index (χ3v) is 4.72. The molecule has 2 saturated heterocycles. The fourth-order valence-electron chi connectivity index (χ4n) is 3.92. The molecule has 2 aliphatic rings. The number of aromatic hydroxyl groups is 1. The first-order valence-corrected chi connectivity index (χ1v) is 7.07. The van der Waals surface area contributed by atoms with E-state index in [1.807, 2.05) is 0 Å². The van der Waals surface area contributed by atoms with E-state index in [1.165, 1.54) is 25.0 Å². The quantitative estimate of drug-likeness (QED) is 0.863. The third kappa shape index (κ3) is 2.23. The summed E-state index contributed by atoms with van der Waals surface area (Å²) in [6.45, 7) is 2.09. The van der Waals surface area contributed by atoms with Crippen LogP contribution in [0, 0.1) is 5.82 Å². The lowest BCUT2D eigenvalue weighted by molar-refractivity contribution is 0.0842. The number of hydrogen-bond acceptors (Lipinski definition) is 3.